The molecule has 0 aromatic heterocycles. The third kappa shape index (κ3) is 2.82. The lowest BCUT2D eigenvalue weighted by molar-refractivity contribution is 0.156. The zero-order valence-electron chi connectivity index (χ0n) is 12.5. The van der Waals surface area contributed by atoms with Gasteiger partial charge in [-0.1, -0.05) is 19.9 Å². The second-order valence-electron chi connectivity index (χ2n) is 6.62. The number of likely N-dealkylation sites (tertiary alicyclic amines) is 1. The Labute approximate surface area is 121 Å². The highest BCUT2D eigenvalue weighted by molar-refractivity contribution is 5.89. The van der Waals surface area contributed by atoms with E-state index in [1.54, 1.807) is 0 Å². The van der Waals surface area contributed by atoms with Crippen LogP contribution in [0.1, 0.15) is 37.8 Å². The fraction of sp³-hybridized carbons (Fsp3) is 0.588. The van der Waals surface area contributed by atoms with E-state index >= 15 is 0 Å². The van der Waals surface area contributed by atoms with E-state index < -0.39 is 0 Å². The molecule has 1 aromatic rings. The molecule has 1 saturated heterocycles. The molecule has 2 unspecified atom stereocenters. The van der Waals surface area contributed by atoms with Crippen LogP contribution >= 0.6 is 0 Å². The molecule has 1 aliphatic heterocycles. The molecule has 1 aromatic carbocycles. The first-order valence-corrected chi connectivity index (χ1v) is 7.79. The van der Waals surface area contributed by atoms with Crippen LogP contribution in [0, 0.1) is 11.8 Å². The minimum absolute atomic E-state index is 0.0568. The number of fused-ring (bicyclic) bond motifs is 1. The molecule has 0 bridgehead atoms. The lowest BCUT2D eigenvalue weighted by Gasteiger charge is -2.34. The van der Waals surface area contributed by atoms with E-state index in [2.05, 4.69) is 31.3 Å². The van der Waals surface area contributed by atoms with Crippen molar-refractivity contribution in [3.63, 3.8) is 0 Å². The number of nitrogens with zero attached hydrogens (tertiary/aromatic N) is 1. The molecule has 0 saturated carbocycles. The molecule has 20 heavy (non-hydrogen) atoms. The normalized spacial score (nSPS) is 25.4. The number of piperidine rings is 1. The minimum Gasteiger partial charge on any atom is -0.324 e. The number of hydrogen-bond donors (Lipinski definition) is 1. The van der Waals surface area contributed by atoms with Gasteiger partial charge in [-0.15, -0.1) is 0 Å². The van der Waals surface area contributed by atoms with Crippen LogP contribution in [-0.4, -0.2) is 24.0 Å². The predicted octanol–water partition coefficient (Wildman–Crippen LogP) is 3.69. The van der Waals surface area contributed by atoms with Crippen molar-refractivity contribution in [1.29, 1.82) is 0 Å². The second kappa shape index (κ2) is 5.47. The Hall–Kier alpha value is -1.51. The van der Waals surface area contributed by atoms with E-state index in [1.807, 2.05) is 11.0 Å². The number of carbonyl (C=O) groups is 1. The van der Waals surface area contributed by atoms with Crippen LogP contribution in [0.2, 0.25) is 0 Å². The SMILES string of the molecule is CC1CC(C)CN(C(=O)Nc2ccc3c(c2)CCC3)C1. The van der Waals surface area contributed by atoms with Gasteiger partial charge in [0.1, 0.15) is 0 Å². The summed E-state index contributed by atoms with van der Waals surface area (Å²) in [5.74, 6) is 1.20. The van der Waals surface area contributed by atoms with Crippen LogP contribution in [0.4, 0.5) is 10.5 Å². The average Bonchev–Trinajstić information content (AvgIpc) is 2.85. The van der Waals surface area contributed by atoms with Crippen LogP contribution < -0.4 is 5.32 Å². The first-order valence-electron chi connectivity index (χ1n) is 7.79. The van der Waals surface area contributed by atoms with Gasteiger partial charge in [-0.2, -0.15) is 0 Å². The minimum atomic E-state index is 0.0568. The molecule has 1 N–H and O–H groups in total. The monoisotopic (exact) mass is 272 g/mol. The molecule has 3 nitrogen and oxygen atoms in total. The molecule has 108 valence electrons. The van der Waals surface area contributed by atoms with Crippen LogP contribution in [-0.2, 0) is 12.8 Å². The van der Waals surface area contributed by atoms with Crippen molar-refractivity contribution in [3.05, 3.63) is 29.3 Å². The highest BCUT2D eigenvalue weighted by Gasteiger charge is 2.25. The molecule has 2 amide bonds. The van der Waals surface area contributed by atoms with Crippen molar-refractivity contribution in [2.24, 2.45) is 11.8 Å². The lowest BCUT2D eigenvalue weighted by atomic mass is 9.92. The van der Waals surface area contributed by atoms with Crippen LogP contribution in [0.3, 0.4) is 0 Å². The molecular weight excluding hydrogens is 248 g/mol. The van der Waals surface area contributed by atoms with E-state index in [4.69, 9.17) is 0 Å². The molecule has 3 rings (SSSR count). The Balaban J connectivity index is 1.66. The van der Waals surface area contributed by atoms with Crippen molar-refractivity contribution in [2.75, 3.05) is 18.4 Å². The highest BCUT2D eigenvalue weighted by atomic mass is 16.2. The zero-order chi connectivity index (χ0) is 14.1. The third-order valence-corrected chi connectivity index (χ3v) is 4.51. The van der Waals surface area contributed by atoms with Gasteiger partial charge >= 0.3 is 6.03 Å². The largest absolute Gasteiger partial charge is 0.324 e. The summed E-state index contributed by atoms with van der Waals surface area (Å²) in [5, 5.41) is 3.07. The number of nitrogens with one attached hydrogen (secondary N) is 1. The van der Waals surface area contributed by atoms with Crippen molar-refractivity contribution >= 4 is 11.7 Å². The van der Waals surface area contributed by atoms with Gasteiger partial charge in [-0.25, -0.2) is 4.79 Å². The summed E-state index contributed by atoms with van der Waals surface area (Å²) in [4.78, 5) is 14.3. The van der Waals surface area contributed by atoms with Gasteiger partial charge in [0.2, 0.25) is 0 Å². The number of carbonyl (C=O) groups excluding carboxylic acids is 1. The van der Waals surface area contributed by atoms with Crippen molar-refractivity contribution in [3.8, 4) is 0 Å². The second-order valence-corrected chi connectivity index (χ2v) is 6.62. The highest BCUT2D eigenvalue weighted by Crippen LogP contribution is 2.26. The number of amides is 2. The molecule has 0 radical (unpaired) electrons. The van der Waals surface area contributed by atoms with Gasteiger partial charge in [0.05, 0.1) is 0 Å². The van der Waals surface area contributed by atoms with E-state index in [1.165, 1.54) is 30.4 Å². The number of rotatable bonds is 1. The lowest BCUT2D eigenvalue weighted by Crippen LogP contribution is -2.44. The molecule has 0 spiro atoms. The van der Waals surface area contributed by atoms with Crippen LogP contribution in [0.15, 0.2) is 18.2 Å². The van der Waals surface area contributed by atoms with Gasteiger partial charge in [-0.05, 0) is 60.8 Å². The number of benzene rings is 1. The summed E-state index contributed by atoms with van der Waals surface area (Å²) in [6.07, 6.45) is 4.80. The smallest absolute Gasteiger partial charge is 0.321 e. The first kappa shape index (κ1) is 13.5. The zero-order valence-corrected chi connectivity index (χ0v) is 12.5. The van der Waals surface area contributed by atoms with Gasteiger partial charge in [0, 0.05) is 18.8 Å². The summed E-state index contributed by atoms with van der Waals surface area (Å²) < 4.78 is 0. The quantitative estimate of drug-likeness (QED) is 0.831. The number of aryl methyl sites for hydroxylation is 2. The van der Waals surface area contributed by atoms with Gasteiger partial charge in [-0.3, -0.25) is 0 Å². The number of hydrogen-bond acceptors (Lipinski definition) is 1. The van der Waals surface area contributed by atoms with E-state index in [9.17, 15) is 4.79 Å². The molecular formula is C17H24N2O. The van der Waals surface area contributed by atoms with Crippen LogP contribution in [0.25, 0.3) is 0 Å². The van der Waals surface area contributed by atoms with Crippen molar-refractivity contribution in [1.82, 2.24) is 4.90 Å². The summed E-state index contributed by atoms with van der Waals surface area (Å²) in [7, 11) is 0. The first-order chi connectivity index (χ1) is 9.61. The molecule has 1 aliphatic carbocycles. The fourth-order valence-corrected chi connectivity index (χ4v) is 3.68. The Kier molecular flexibility index (Phi) is 3.68. The number of urea groups is 1. The Morgan fingerprint density at radius 2 is 1.85 bits per heavy atom. The van der Waals surface area contributed by atoms with E-state index in [-0.39, 0.29) is 6.03 Å². The Morgan fingerprint density at radius 1 is 1.15 bits per heavy atom. The van der Waals surface area contributed by atoms with Gasteiger partial charge < -0.3 is 10.2 Å². The molecule has 2 atom stereocenters. The summed E-state index contributed by atoms with van der Waals surface area (Å²) in [6, 6.07) is 6.41. The molecule has 3 heteroatoms. The summed E-state index contributed by atoms with van der Waals surface area (Å²) in [6.45, 7) is 6.21. The van der Waals surface area contributed by atoms with Crippen molar-refractivity contribution < 1.29 is 4.79 Å². The predicted molar refractivity (Wildman–Crippen MR) is 82.0 cm³/mol. The summed E-state index contributed by atoms with van der Waals surface area (Å²) in [5.41, 5.74) is 3.80. The van der Waals surface area contributed by atoms with E-state index in [0.717, 1.165) is 25.2 Å². The van der Waals surface area contributed by atoms with Crippen molar-refractivity contribution in [2.45, 2.75) is 39.5 Å². The maximum absolute atomic E-state index is 12.4. The maximum atomic E-state index is 12.4. The maximum Gasteiger partial charge on any atom is 0.321 e. The molecule has 2 aliphatic rings. The number of anilines is 1. The fourth-order valence-electron chi connectivity index (χ4n) is 3.68. The molecule has 1 heterocycles. The Bertz CT molecular complexity index is 502. The summed E-state index contributed by atoms with van der Waals surface area (Å²) >= 11 is 0. The van der Waals surface area contributed by atoms with Gasteiger partial charge in [0.15, 0.2) is 0 Å². The third-order valence-electron chi connectivity index (χ3n) is 4.51. The standard InChI is InChI=1S/C17H24N2O/c1-12-8-13(2)11-19(10-12)17(20)18-16-7-6-14-4-3-5-15(14)9-16/h6-7,9,12-13H,3-5,8,10-11H2,1-2H3,(H,18,20). The van der Waals surface area contributed by atoms with Crippen LogP contribution in [0.5, 0.6) is 0 Å². The van der Waals surface area contributed by atoms with E-state index in [0.29, 0.717) is 11.8 Å². The Morgan fingerprint density at radius 3 is 2.60 bits per heavy atom. The average molecular weight is 272 g/mol. The van der Waals surface area contributed by atoms with Gasteiger partial charge in [0.25, 0.3) is 0 Å². The molecule has 1 fully saturated rings. The topological polar surface area (TPSA) is 32.3 Å².